The zero-order valence-corrected chi connectivity index (χ0v) is 11.3. The van der Waals surface area contributed by atoms with E-state index >= 15 is 0 Å². The fourth-order valence-electron chi connectivity index (χ4n) is 1.84. The van der Waals surface area contributed by atoms with Gasteiger partial charge in [-0.2, -0.15) is 0 Å². The molecular weight excluding hydrogens is 242 g/mol. The third-order valence-electron chi connectivity index (χ3n) is 2.93. The van der Waals surface area contributed by atoms with Gasteiger partial charge in [0.2, 0.25) is 6.10 Å². The number of carbonyl (C=O) groups is 1. The van der Waals surface area contributed by atoms with Crippen LogP contribution in [0.15, 0.2) is 35.5 Å². The average Bonchev–Trinajstić information content (AvgIpc) is 2.89. The number of nitrogens with one attached hydrogen (secondary N) is 1. The maximum atomic E-state index is 11.9. The molecule has 1 aromatic carbocycles. The van der Waals surface area contributed by atoms with Crippen molar-refractivity contribution in [3.8, 4) is 0 Å². The van der Waals surface area contributed by atoms with Gasteiger partial charge in [0.25, 0.3) is 5.91 Å². The van der Waals surface area contributed by atoms with E-state index in [4.69, 9.17) is 4.84 Å². The molecule has 1 heterocycles. The van der Waals surface area contributed by atoms with Crippen LogP contribution >= 0.6 is 0 Å². The number of nitrogens with zero attached hydrogens (tertiary/aromatic N) is 2. The highest BCUT2D eigenvalue weighted by atomic mass is 16.6. The number of likely N-dealkylation sites (N-methyl/N-ethyl adjacent to an activating group) is 1. The summed E-state index contributed by atoms with van der Waals surface area (Å²) in [5.41, 5.74) is 1.83. The predicted molar refractivity (Wildman–Crippen MR) is 74.0 cm³/mol. The van der Waals surface area contributed by atoms with Gasteiger partial charge >= 0.3 is 0 Å². The number of rotatable bonds is 5. The molecule has 5 nitrogen and oxygen atoms in total. The van der Waals surface area contributed by atoms with Crippen LogP contribution in [-0.2, 0) is 9.63 Å². The van der Waals surface area contributed by atoms with Crippen LogP contribution in [0.4, 0.5) is 0 Å². The molecule has 1 atom stereocenters. The lowest BCUT2D eigenvalue weighted by Gasteiger charge is -2.12. The van der Waals surface area contributed by atoms with Gasteiger partial charge in [-0.05, 0) is 19.7 Å². The largest absolute Gasteiger partial charge is 0.382 e. The minimum Gasteiger partial charge on any atom is -0.382 e. The molecule has 2 rings (SSSR count). The highest BCUT2D eigenvalue weighted by Crippen LogP contribution is 2.16. The lowest BCUT2D eigenvalue weighted by atomic mass is 10.0. The highest BCUT2D eigenvalue weighted by molar-refractivity contribution is 6.04. The Morgan fingerprint density at radius 3 is 2.84 bits per heavy atom. The number of amides is 1. The number of oxime groups is 1. The first kappa shape index (κ1) is 13.5. The number of hydrogen-bond acceptors (Lipinski definition) is 4. The standard InChI is InChI=1S/C14H19N3O2/c1-17(2)9-8-15-14(18)13-10-12(16-19-13)11-6-4-3-5-7-11/h3-7,13H,8-10H2,1-2H3,(H,15,18)/t13-/m0/s1. The van der Waals surface area contributed by atoms with Gasteiger partial charge < -0.3 is 15.1 Å². The van der Waals surface area contributed by atoms with E-state index in [0.29, 0.717) is 13.0 Å². The van der Waals surface area contributed by atoms with Crippen molar-refractivity contribution in [2.24, 2.45) is 5.16 Å². The molecule has 1 N–H and O–H groups in total. The van der Waals surface area contributed by atoms with Crippen LogP contribution in [0.1, 0.15) is 12.0 Å². The summed E-state index contributed by atoms with van der Waals surface area (Å²) in [4.78, 5) is 19.1. The van der Waals surface area contributed by atoms with Crippen LogP contribution < -0.4 is 5.32 Å². The summed E-state index contributed by atoms with van der Waals surface area (Å²) in [6.07, 6.45) is 0.0232. The first-order valence-electron chi connectivity index (χ1n) is 6.37. The Bertz CT molecular complexity index is 457. The maximum Gasteiger partial charge on any atom is 0.264 e. The molecule has 0 fully saturated rings. The predicted octanol–water partition coefficient (Wildman–Crippen LogP) is 0.857. The molecule has 102 valence electrons. The van der Waals surface area contributed by atoms with E-state index in [0.717, 1.165) is 17.8 Å². The fourth-order valence-corrected chi connectivity index (χ4v) is 1.84. The molecule has 1 aliphatic rings. The smallest absolute Gasteiger partial charge is 0.264 e. The van der Waals surface area contributed by atoms with Crippen LogP contribution in [0, 0.1) is 0 Å². The van der Waals surface area contributed by atoms with Gasteiger partial charge in [0.05, 0.1) is 5.71 Å². The van der Waals surface area contributed by atoms with Crippen molar-refractivity contribution in [1.29, 1.82) is 0 Å². The Kier molecular flexibility index (Phi) is 4.52. The molecule has 1 aliphatic heterocycles. The molecule has 0 saturated carbocycles. The van der Waals surface area contributed by atoms with Crippen molar-refractivity contribution in [3.63, 3.8) is 0 Å². The maximum absolute atomic E-state index is 11.9. The van der Waals surface area contributed by atoms with E-state index < -0.39 is 6.10 Å². The Morgan fingerprint density at radius 2 is 2.16 bits per heavy atom. The molecule has 0 aromatic heterocycles. The summed E-state index contributed by atoms with van der Waals surface area (Å²) in [5, 5.41) is 6.85. The van der Waals surface area contributed by atoms with Crippen molar-refractivity contribution < 1.29 is 9.63 Å². The van der Waals surface area contributed by atoms with E-state index in [-0.39, 0.29) is 5.91 Å². The summed E-state index contributed by atoms with van der Waals surface area (Å²) in [6.45, 7) is 1.43. The third kappa shape index (κ3) is 3.79. The highest BCUT2D eigenvalue weighted by Gasteiger charge is 2.28. The summed E-state index contributed by atoms with van der Waals surface area (Å²) >= 11 is 0. The van der Waals surface area contributed by atoms with Gasteiger partial charge in [-0.3, -0.25) is 4.79 Å². The van der Waals surface area contributed by atoms with Crippen molar-refractivity contribution >= 4 is 11.6 Å². The zero-order valence-electron chi connectivity index (χ0n) is 11.3. The number of carbonyl (C=O) groups excluding carboxylic acids is 1. The van der Waals surface area contributed by atoms with Crippen molar-refractivity contribution in [3.05, 3.63) is 35.9 Å². The minimum atomic E-state index is -0.502. The third-order valence-corrected chi connectivity index (χ3v) is 2.93. The van der Waals surface area contributed by atoms with E-state index in [1.165, 1.54) is 0 Å². The molecule has 5 heteroatoms. The molecule has 0 bridgehead atoms. The minimum absolute atomic E-state index is 0.100. The molecule has 0 unspecified atom stereocenters. The number of hydrogen-bond donors (Lipinski definition) is 1. The van der Waals surface area contributed by atoms with Crippen LogP contribution in [-0.4, -0.2) is 49.8 Å². The van der Waals surface area contributed by atoms with Crippen molar-refractivity contribution in [2.75, 3.05) is 27.2 Å². The quantitative estimate of drug-likeness (QED) is 0.855. The second-order valence-electron chi connectivity index (χ2n) is 4.80. The second-order valence-corrected chi connectivity index (χ2v) is 4.80. The zero-order chi connectivity index (χ0) is 13.7. The van der Waals surface area contributed by atoms with Gasteiger partial charge in [0.15, 0.2) is 0 Å². The van der Waals surface area contributed by atoms with Crippen molar-refractivity contribution in [1.82, 2.24) is 10.2 Å². The normalized spacial score (nSPS) is 18.1. The Morgan fingerprint density at radius 1 is 1.42 bits per heavy atom. The fraction of sp³-hybridized carbons (Fsp3) is 0.429. The second kappa shape index (κ2) is 6.33. The van der Waals surface area contributed by atoms with E-state index in [1.54, 1.807) is 0 Å². The number of benzene rings is 1. The van der Waals surface area contributed by atoms with E-state index in [1.807, 2.05) is 49.3 Å². The molecule has 0 saturated heterocycles. The monoisotopic (exact) mass is 261 g/mol. The van der Waals surface area contributed by atoms with Gasteiger partial charge in [-0.1, -0.05) is 35.5 Å². The Hall–Kier alpha value is -1.88. The van der Waals surface area contributed by atoms with Crippen LogP contribution in [0.2, 0.25) is 0 Å². The van der Waals surface area contributed by atoms with Gasteiger partial charge in [0.1, 0.15) is 0 Å². The topological polar surface area (TPSA) is 53.9 Å². The van der Waals surface area contributed by atoms with Crippen LogP contribution in [0.25, 0.3) is 0 Å². The van der Waals surface area contributed by atoms with E-state index in [9.17, 15) is 4.79 Å². The molecule has 0 aliphatic carbocycles. The molecule has 1 aromatic rings. The molecule has 1 amide bonds. The summed E-state index contributed by atoms with van der Waals surface area (Å²) in [6, 6.07) is 9.78. The van der Waals surface area contributed by atoms with Gasteiger partial charge in [0, 0.05) is 19.5 Å². The van der Waals surface area contributed by atoms with E-state index in [2.05, 4.69) is 10.5 Å². The summed E-state index contributed by atoms with van der Waals surface area (Å²) < 4.78 is 0. The molecule has 0 radical (unpaired) electrons. The van der Waals surface area contributed by atoms with Crippen molar-refractivity contribution in [2.45, 2.75) is 12.5 Å². The van der Waals surface area contributed by atoms with Crippen LogP contribution in [0.3, 0.4) is 0 Å². The molecule has 0 spiro atoms. The lowest BCUT2D eigenvalue weighted by Crippen LogP contribution is -2.38. The first-order chi connectivity index (χ1) is 9.16. The molecular formula is C14H19N3O2. The van der Waals surface area contributed by atoms with Gasteiger partial charge in [-0.25, -0.2) is 0 Å². The van der Waals surface area contributed by atoms with Gasteiger partial charge in [-0.15, -0.1) is 0 Å². The summed E-state index contributed by atoms with van der Waals surface area (Å²) in [5.74, 6) is -0.100. The first-order valence-corrected chi connectivity index (χ1v) is 6.37. The Balaban J connectivity index is 1.82. The molecule has 19 heavy (non-hydrogen) atoms. The van der Waals surface area contributed by atoms with Crippen LogP contribution in [0.5, 0.6) is 0 Å². The SMILES string of the molecule is CN(C)CCNC(=O)[C@@H]1CC(c2ccccc2)=NO1. The summed E-state index contributed by atoms with van der Waals surface area (Å²) in [7, 11) is 3.93. The Labute approximate surface area is 113 Å². The lowest BCUT2D eigenvalue weighted by molar-refractivity contribution is -0.131. The average molecular weight is 261 g/mol.